The molecule has 0 radical (unpaired) electrons. The van der Waals surface area contributed by atoms with E-state index in [9.17, 15) is 9.59 Å². The Hall–Kier alpha value is -3.16. The number of hydrogen-bond donors (Lipinski definition) is 4. The van der Waals surface area contributed by atoms with E-state index in [0.717, 1.165) is 16.9 Å². The first-order chi connectivity index (χ1) is 16.0. The average Bonchev–Trinajstić information content (AvgIpc) is 2.86. The number of anilines is 3. The number of methoxy groups -OCH3 is 1. The van der Waals surface area contributed by atoms with Crippen LogP contribution in [-0.2, 0) is 0 Å². The molecule has 7 nitrogen and oxygen atoms in total. The van der Waals surface area contributed by atoms with Crippen molar-refractivity contribution in [1.29, 1.82) is 0 Å². The number of benzene rings is 2. The summed E-state index contributed by atoms with van der Waals surface area (Å²) in [5, 5.41) is 10.5. The van der Waals surface area contributed by atoms with Gasteiger partial charge in [0.1, 0.15) is 17.1 Å². The highest BCUT2D eigenvalue weighted by Gasteiger charge is 2.22. The van der Waals surface area contributed by atoms with Crippen molar-refractivity contribution in [3.05, 3.63) is 80.1 Å². The van der Waals surface area contributed by atoms with Gasteiger partial charge in [-0.05, 0) is 55.2 Å². The van der Waals surface area contributed by atoms with Gasteiger partial charge in [0.2, 0.25) is 0 Å². The van der Waals surface area contributed by atoms with Crippen molar-refractivity contribution >= 4 is 17.1 Å². The van der Waals surface area contributed by atoms with Gasteiger partial charge in [-0.25, -0.2) is 0 Å². The molecule has 7 heteroatoms. The lowest BCUT2D eigenvalue weighted by Crippen LogP contribution is -2.47. The predicted molar refractivity (Wildman–Crippen MR) is 133 cm³/mol. The lowest BCUT2D eigenvalue weighted by Gasteiger charge is -2.30. The van der Waals surface area contributed by atoms with Crippen LogP contribution in [0.25, 0.3) is 0 Å². The van der Waals surface area contributed by atoms with Gasteiger partial charge in [-0.1, -0.05) is 43.5 Å². The maximum absolute atomic E-state index is 11.8. The molecule has 3 aromatic carbocycles. The van der Waals surface area contributed by atoms with Crippen molar-refractivity contribution < 1.29 is 4.74 Å². The van der Waals surface area contributed by atoms with E-state index in [4.69, 9.17) is 10.5 Å². The summed E-state index contributed by atoms with van der Waals surface area (Å²) in [7, 11) is 1.66. The van der Waals surface area contributed by atoms with Crippen LogP contribution in [0.5, 0.6) is 5.75 Å². The molecule has 0 saturated heterocycles. The summed E-state index contributed by atoms with van der Waals surface area (Å²) in [4.78, 5) is 23.3. The summed E-state index contributed by atoms with van der Waals surface area (Å²) in [5.41, 5.74) is 7.47. The molecule has 174 valence electrons. The first-order valence-electron chi connectivity index (χ1n) is 11.6. The van der Waals surface area contributed by atoms with E-state index in [2.05, 4.69) is 35.0 Å². The summed E-state index contributed by atoms with van der Waals surface area (Å²) in [6.45, 7) is 2.15. The van der Waals surface area contributed by atoms with Crippen molar-refractivity contribution in [3.8, 4) is 5.75 Å². The van der Waals surface area contributed by atoms with E-state index in [-0.39, 0.29) is 23.6 Å². The van der Waals surface area contributed by atoms with Crippen molar-refractivity contribution in [2.45, 2.75) is 57.3 Å². The molecule has 0 aromatic heterocycles. The maximum Gasteiger partial charge on any atom is 0.253 e. The van der Waals surface area contributed by atoms with Crippen LogP contribution in [0.3, 0.4) is 0 Å². The molecule has 2 atom stereocenters. The second-order valence-electron chi connectivity index (χ2n) is 8.79. The Balaban J connectivity index is 1.58. The molecule has 5 N–H and O–H groups in total. The van der Waals surface area contributed by atoms with Gasteiger partial charge in [0.15, 0.2) is 0 Å². The molecule has 0 amide bonds. The van der Waals surface area contributed by atoms with Gasteiger partial charge in [0.25, 0.3) is 10.9 Å². The second-order valence-corrected chi connectivity index (χ2v) is 8.79. The van der Waals surface area contributed by atoms with Gasteiger partial charge in [0, 0.05) is 11.7 Å². The molecule has 0 aliphatic heterocycles. The maximum atomic E-state index is 11.8. The number of nitrogens with two attached hydrogens (primary N) is 1. The molecular formula is C26H32N4O3. The predicted octanol–water partition coefficient (Wildman–Crippen LogP) is 3.56. The van der Waals surface area contributed by atoms with Gasteiger partial charge >= 0.3 is 0 Å². The Morgan fingerprint density at radius 1 is 0.970 bits per heavy atom. The van der Waals surface area contributed by atoms with Crippen LogP contribution < -0.4 is 37.3 Å². The Morgan fingerprint density at radius 3 is 2.36 bits per heavy atom. The average molecular weight is 449 g/mol. The highest BCUT2D eigenvalue weighted by molar-refractivity contribution is 5.76. The van der Waals surface area contributed by atoms with E-state index >= 15 is 0 Å². The van der Waals surface area contributed by atoms with E-state index in [1.165, 1.54) is 32.1 Å². The third-order valence-corrected chi connectivity index (χ3v) is 6.39. The highest BCUT2D eigenvalue weighted by Crippen LogP contribution is 2.28. The zero-order chi connectivity index (χ0) is 23.4. The summed E-state index contributed by atoms with van der Waals surface area (Å²) in [5.74, 6) is 0.803. The lowest BCUT2D eigenvalue weighted by molar-refractivity contribution is 0.310. The summed E-state index contributed by atoms with van der Waals surface area (Å²) >= 11 is 0. The summed E-state index contributed by atoms with van der Waals surface area (Å²) < 4.78 is 5.33. The Bertz CT molecular complexity index is 1150. The Morgan fingerprint density at radius 2 is 1.70 bits per heavy atom. The molecule has 1 unspecified atom stereocenters. The number of nitrogen functional groups attached to an aromatic ring is 1. The molecule has 3 aromatic rings. The van der Waals surface area contributed by atoms with E-state index < -0.39 is 10.9 Å². The van der Waals surface area contributed by atoms with E-state index in [0.29, 0.717) is 11.7 Å². The van der Waals surface area contributed by atoms with Crippen LogP contribution in [-0.4, -0.2) is 19.3 Å². The minimum Gasteiger partial charge on any atom is -0.497 e. The largest absolute Gasteiger partial charge is 0.497 e. The van der Waals surface area contributed by atoms with Crippen molar-refractivity contribution in [2.75, 3.05) is 18.2 Å². The number of hydrogen-bond acceptors (Lipinski definition) is 7. The van der Waals surface area contributed by atoms with Gasteiger partial charge in [-0.15, -0.1) is 0 Å². The van der Waals surface area contributed by atoms with Crippen LogP contribution in [0.15, 0.2) is 58.1 Å². The van der Waals surface area contributed by atoms with Crippen LogP contribution >= 0.6 is 0 Å². The first-order valence-corrected chi connectivity index (χ1v) is 11.6. The van der Waals surface area contributed by atoms with Crippen LogP contribution in [0.1, 0.15) is 56.2 Å². The van der Waals surface area contributed by atoms with Gasteiger partial charge in [0.05, 0.1) is 19.3 Å². The van der Waals surface area contributed by atoms with E-state index in [1.54, 1.807) is 7.11 Å². The molecule has 33 heavy (non-hydrogen) atoms. The highest BCUT2D eigenvalue weighted by atomic mass is 16.5. The van der Waals surface area contributed by atoms with Gasteiger partial charge in [-0.3, -0.25) is 20.2 Å². The van der Waals surface area contributed by atoms with Crippen molar-refractivity contribution in [2.24, 2.45) is 0 Å². The molecule has 1 aliphatic carbocycles. The summed E-state index contributed by atoms with van der Waals surface area (Å²) in [6.07, 6.45) is 6.40. The van der Waals surface area contributed by atoms with Crippen LogP contribution in [0, 0.1) is 0 Å². The zero-order valence-corrected chi connectivity index (χ0v) is 19.2. The number of rotatable bonds is 9. The molecular weight excluding hydrogens is 416 g/mol. The normalized spacial score (nSPS) is 16.4. The quantitative estimate of drug-likeness (QED) is 0.293. The Kier molecular flexibility index (Phi) is 7.11. The fourth-order valence-corrected chi connectivity index (χ4v) is 4.58. The summed E-state index contributed by atoms with van der Waals surface area (Å²) in [6, 6.07) is 16.3. The smallest absolute Gasteiger partial charge is 0.253 e. The first kappa shape index (κ1) is 23.0. The molecule has 1 saturated carbocycles. The molecule has 0 heterocycles. The molecule has 4 rings (SSSR count). The lowest BCUT2D eigenvalue weighted by atomic mass is 9.95. The third kappa shape index (κ3) is 5.26. The van der Waals surface area contributed by atoms with Gasteiger partial charge in [-0.2, -0.15) is 0 Å². The standard InChI is InChI=1S/C26H32N4O3/c1-16(28-19-8-4-3-5-9-19)29-23(17-11-13-21(33-2)14-12-17)18-7-6-10-20(15-18)30-24-22(27)25(31)26(24)32/h6-7,10-16,19,23,28-30H,3-5,8-9,27H2,1-2H3/t16-,23?/m1/s1. The number of ether oxygens (including phenoxy) is 1. The number of nitrogens with one attached hydrogen (secondary N) is 3. The monoisotopic (exact) mass is 448 g/mol. The minimum absolute atomic E-state index is 0.0134. The fourth-order valence-electron chi connectivity index (χ4n) is 4.58. The van der Waals surface area contributed by atoms with Crippen LogP contribution in [0.2, 0.25) is 0 Å². The van der Waals surface area contributed by atoms with Crippen LogP contribution in [0.4, 0.5) is 17.1 Å². The fraction of sp³-hybridized carbons (Fsp3) is 0.385. The minimum atomic E-state index is -0.631. The zero-order valence-electron chi connectivity index (χ0n) is 19.2. The molecule has 1 fully saturated rings. The second kappa shape index (κ2) is 10.2. The van der Waals surface area contributed by atoms with Gasteiger partial charge < -0.3 is 15.8 Å². The third-order valence-electron chi connectivity index (χ3n) is 6.39. The molecule has 0 bridgehead atoms. The van der Waals surface area contributed by atoms with Crippen molar-refractivity contribution in [3.63, 3.8) is 0 Å². The van der Waals surface area contributed by atoms with Crippen molar-refractivity contribution in [1.82, 2.24) is 10.6 Å². The van der Waals surface area contributed by atoms with E-state index in [1.807, 2.05) is 36.4 Å². The topological polar surface area (TPSA) is 105 Å². The molecule has 0 spiro atoms. The molecule has 1 aliphatic rings. The Labute approximate surface area is 194 Å². The SMILES string of the molecule is COc1ccc(C(N[C@H](C)NC2CCCCC2)c2cccc(Nc3c(N)c(=O)c3=O)c2)cc1.